The number of halogens is 2. The van der Waals surface area contributed by atoms with Gasteiger partial charge in [0.1, 0.15) is 5.75 Å². The summed E-state index contributed by atoms with van der Waals surface area (Å²) in [6, 6.07) is 7.00. The number of benzene rings is 1. The highest BCUT2D eigenvalue weighted by Gasteiger charge is 2.30. The molecular formula is C21H31Cl2N3O4. The van der Waals surface area contributed by atoms with Crippen LogP contribution < -0.4 is 10.1 Å². The Labute approximate surface area is 190 Å². The number of ketones is 1. The molecule has 0 saturated carbocycles. The van der Waals surface area contributed by atoms with Crippen molar-refractivity contribution < 1.29 is 19.1 Å². The fourth-order valence-electron chi connectivity index (χ4n) is 3.74. The molecule has 2 aliphatic heterocycles. The molecular weight excluding hydrogens is 429 g/mol. The predicted molar refractivity (Wildman–Crippen MR) is 120 cm³/mol. The second kappa shape index (κ2) is 12.9. The van der Waals surface area contributed by atoms with Gasteiger partial charge >= 0.3 is 5.97 Å². The minimum absolute atomic E-state index is 0. The zero-order valence-electron chi connectivity index (χ0n) is 17.3. The Bertz CT molecular complexity index is 709. The van der Waals surface area contributed by atoms with Crippen LogP contribution in [0.25, 0.3) is 0 Å². The lowest BCUT2D eigenvalue weighted by Crippen LogP contribution is -2.56. The van der Waals surface area contributed by atoms with Crippen molar-refractivity contribution in [1.82, 2.24) is 15.1 Å². The number of piperazine rings is 1. The number of hydrogen-bond acceptors (Lipinski definition) is 6. The molecule has 0 radical (unpaired) electrons. The number of carbonyl (C=O) groups is 3. The molecule has 2 heterocycles. The molecule has 168 valence electrons. The summed E-state index contributed by atoms with van der Waals surface area (Å²) in [6.07, 6.45) is 3.24. The van der Waals surface area contributed by atoms with E-state index in [-0.39, 0.29) is 49.0 Å². The second-order valence-corrected chi connectivity index (χ2v) is 7.44. The van der Waals surface area contributed by atoms with Crippen LogP contribution in [-0.2, 0) is 9.59 Å². The Kier molecular flexibility index (Phi) is 11.3. The number of rotatable bonds is 7. The number of esters is 1. The number of hydrogen-bond donors (Lipinski definition) is 1. The van der Waals surface area contributed by atoms with E-state index in [4.69, 9.17) is 4.74 Å². The van der Waals surface area contributed by atoms with Gasteiger partial charge in [0.05, 0.1) is 13.1 Å². The van der Waals surface area contributed by atoms with Gasteiger partial charge in [-0.1, -0.05) is 6.92 Å². The number of carbonyl (C=O) groups excluding carboxylic acids is 3. The standard InChI is InChI=1S/C21H29N3O4.2ClH/c1-2-3-21(27)28-18-6-4-16(5-7-18)19(25)14-24-13-12-23(15-20(24)26)17-8-10-22-11-9-17;;/h4-7,17,22H,2-3,8-15H2,1H3;2*1H. The van der Waals surface area contributed by atoms with E-state index in [1.54, 1.807) is 29.2 Å². The van der Waals surface area contributed by atoms with Gasteiger partial charge in [0.15, 0.2) is 5.78 Å². The van der Waals surface area contributed by atoms with Gasteiger partial charge in [0.25, 0.3) is 0 Å². The maximum atomic E-state index is 12.6. The number of piperidine rings is 1. The predicted octanol–water partition coefficient (Wildman–Crippen LogP) is 2.31. The number of Topliss-reactive ketones (excluding diaryl/α,β-unsaturated/α-hetero) is 1. The molecule has 0 aromatic heterocycles. The van der Waals surface area contributed by atoms with E-state index < -0.39 is 0 Å². The summed E-state index contributed by atoms with van der Waals surface area (Å²) in [5.74, 6) is 0.0683. The van der Waals surface area contributed by atoms with Crippen molar-refractivity contribution >= 4 is 42.5 Å². The third-order valence-corrected chi connectivity index (χ3v) is 5.37. The first-order chi connectivity index (χ1) is 13.6. The van der Waals surface area contributed by atoms with Gasteiger partial charge in [-0.15, -0.1) is 24.8 Å². The Morgan fingerprint density at radius 3 is 2.37 bits per heavy atom. The molecule has 0 unspecified atom stereocenters. The lowest BCUT2D eigenvalue weighted by molar-refractivity contribution is -0.137. The van der Waals surface area contributed by atoms with E-state index in [1.807, 2.05) is 6.92 Å². The van der Waals surface area contributed by atoms with Crippen LogP contribution in [-0.4, -0.2) is 72.8 Å². The number of ether oxygens (including phenoxy) is 1. The maximum absolute atomic E-state index is 12.6. The first kappa shape index (κ1) is 26.4. The molecule has 1 aromatic carbocycles. The van der Waals surface area contributed by atoms with E-state index in [0.717, 1.165) is 38.9 Å². The quantitative estimate of drug-likeness (QED) is 0.382. The van der Waals surface area contributed by atoms with E-state index in [9.17, 15) is 14.4 Å². The average molecular weight is 460 g/mol. The van der Waals surface area contributed by atoms with Gasteiger partial charge < -0.3 is 15.0 Å². The van der Waals surface area contributed by atoms with Crippen molar-refractivity contribution in [2.75, 3.05) is 39.3 Å². The Morgan fingerprint density at radius 2 is 1.77 bits per heavy atom. The SMILES string of the molecule is CCCC(=O)Oc1ccc(C(=O)CN2CCN(C3CCNCC3)CC2=O)cc1.Cl.Cl. The van der Waals surface area contributed by atoms with Crippen molar-refractivity contribution in [3.05, 3.63) is 29.8 Å². The van der Waals surface area contributed by atoms with Gasteiger partial charge in [-0.25, -0.2) is 0 Å². The summed E-state index contributed by atoms with van der Waals surface area (Å²) in [5, 5.41) is 3.34. The number of amides is 1. The second-order valence-electron chi connectivity index (χ2n) is 7.44. The van der Waals surface area contributed by atoms with Crippen molar-refractivity contribution in [3.8, 4) is 5.75 Å². The van der Waals surface area contributed by atoms with Crippen LogP contribution >= 0.6 is 24.8 Å². The zero-order valence-corrected chi connectivity index (χ0v) is 18.9. The smallest absolute Gasteiger partial charge is 0.311 e. The summed E-state index contributed by atoms with van der Waals surface area (Å²) in [6.45, 7) is 5.80. The molecule has 30 heavy (non-hydrogen) atoms. The highest BCUT2D eigenvalue weighted by molar-refractivity contribution is 5.99. The topological polar surface area (TPSA) is 79.0 Å². The van der Waals surface area contributed by atoms with Gasteiger partial charge in [-0.2, -0.15) is 0 Å². The molecule has 0 spiro atoms. The highest BCUT2D eigenvalue weighted by Crippen LogP contribution is 2.17. The third kappa shape index (κ3) is 7.23. The first-order valence-corrected chi connectivity index (χ1v) is 10.1. The number of nitrogens with one attached hydrogen (secondary N) is 1. The molecule has 0 bridgehead atoms. The van der Waals surface area contributed by atoms with E-state index in [0.29, 0.717) is 36.9 Å². The number of nitrogens with zero attached hydrogens (tertiary/aromatic N) is 2. The van der Waals surface area contributed by atoms with Crippen molar-refractivity contribution in [1.29, 1.82) is 0 Å². The fourth-order valence-corrected chi connectivity index (χ4v) is 3.74. The van der Waals surface area contributed by atoms with E-state index >= 15 is 0 Å². The Balaban J connectivity index is 0.00000225. The molecule has 0 aliphatic carbocycles. The zero-order chi connectivity index (χ0) is 19.9. The molecule has 1 N–H and O–H groups in total. The molecule has 1 aromatic rings. The van der Waals surface area contributed by atoms with Gasteiger partial charge in [0, 0.05) is 31.1 Å². The minimum atomic E-state index is -0.279. The van der Waals surface area contributed by atoms with Crippen LogP contribution in [0.2, 0.25) is 0 Å². The summed E-state index contributed by atoms with van der Waals surface area (Å²) < 4.78 is 5.20. The minimum Gasteiger partial charge on any atom is -0.427 e. The normalized spacial score (nSPS) is 17.6. The molecule has 3 rings (SSSR count). The Morgan fingerprint density at radius 1 is 1.10 bits per heavy atom. The van der Waals surface area contributed by atoms with Gasteiger partial charge in [-0.05, 0) is 56.6 Å². The summed E-state index contributed by atoms with van der Waals surface area (Å²) in [4.78, 5) is 40.5. The summed E-state index contributed by atoms with van der Waals surface area (Å²) >= 11 is 0. The lowest BCUT2D eigenvalue weighted by Gasteiger charge is -2.40. The molecule has 9 heteroatoms. The molecule has 1 amide bonds. The average Bonchev–Trinajstić information content (AvgIpc) is 2.71. The van der Waals surface area contributed by atoms with Crippen molar-refractivity contribution in [2.24, 2.45) is 0 Å². The van der Waals surface area contributed by atoms with Gasteiger partial charge in [0.2, 0.25) is 5.91 Å². The van der Waals surface area contributed by atoms with Crippen LogP contribution in [0, 0.1) is 0 Å². The molecule has 7 nitrogen and oxygen atoms in total. The van der Waals surface area contributed by atoms with Crippen LogP contribution in [0.1, 0.15) is 43.0 Å². The highest BCUT2D eigenvalue weighted by atomic mass is 35.5. The van der Waals surface area contributed by atoms with Crippen molar-refractivity contribution in [2.45, 2.75) is 38.6 Å². The molecule has 2 fully saturated rings. The van der Waals surface area contributed by atoms with Crippen LogP contribution in [0.4, 0.5) is 0 Å². The summed E-state index contributed by atoms with van der Waals surface area (Å²) in [5.41, 5.74) is 0.517. The van der Waals surface area contributed by atoms with E-state index in [2.05, 4.69) is 10.2 Å². The largest absolute Gasteiger partial charge is 0.427 e. The third-order valence-electron chi connectivity index (χ3n) is 5.37. The van der Waals surface area contributed by atoms with Crippen LogP contribution in [0.3, 0.4) is 0 Å². The van der Waals surface area contributed by atoms with Crippen LogP contribution in [0.15, 0.2) is 24.3 Å². The fraction of sp³-hybridized carbons (Fsp3) is 0.571. The lowest BCUT2D eigenvalue weighted by atomic mass is 10.0. The van der Waals surface area contributed by atoms with E-state index in [1.165, 1.54) is 0 Å². The van der Waals surface area contributed by atoms with Crippen molar-refractivity contribution in [3.63, 3.8) is 0 Å². The first-order valence-electron chi connectivity index (χ1n) is 10.1. The summed E-state index contributed by atoms with van der Waals surface area (Å²) in [7, 11) is 0. The maximum Gasteiger partial charge on any atom is 0.311 e. The monoisotopic (exact) mass is 459 g/mol. The van der Waals surface area contributed by atoms with Gasteiger partial charge in [-0.3, -0.25) is 19.3 Å². The molecule has 0 atom stereocenters. The molecule has 2 saturated heterocycles. The van der Waals surface area contributed by atoms with Crippen LogP contribution in [0.5, 0.6) is 5.75 Å². The molecule has 2 aliphatic rings. The Hall–Kier alpha value is -1.67.